The van der Waals surface area contributed by atoms with Crippen LogP contribution in [0.25, 0.3) is 0 Å². The molecule has 4 nitrogen and oxygen atoms in total. The lowest BCUT2D eigenvalue weighted by Crippen LogP contribution is -2.52. The number of hydrogen-bond acceptors (Lipinski definition) is 3. The molecule has 4 heteroatoms. The second-order valence-electron chi connectivity index (χ2n) is 4.78. The zero-order valence-corrected chi connectivity index (χ0v) is 12.3. The summed E-state index contributed by atoms with van der Waals surface area (Å²) in [7, 11) is 0. The average Bonchev–Trinajstić information content (AvgIpc) is 2.54. The Bertz CT molecular complexity index is 572. The number of hydrazine groups is 1. The molecule has 2 N–H and O–H groups in total. The number of amides is 1. The van der Waals surface area contributed by atoms with Gasteiger partial charge in [-0.15, -0.1) is 0 Å². The minimum Gasteiger partial charge on any atom is -0.355 e. The Morgan fingerprint density at radius 3 is 2.19 bits per heavy atom. The van der Waals surface area contributed by atoms with E-state index in [1.807, 2.05) is 62.4 Å². The number of benzene rings is 2. The minimum atomic E-state index is -0.777. The van der Waals surface area contributed by atoms with Crippen molar-refractivity contribution in [2.75, 3.05) is 6.61 Å². The molecule has 1 amide bonds. The van der Waals surface area contributed by atoms with E-state index in [0.29, 0.717) is 12.2 Å². The molecule has 110 valence electrons. The van der Waals surface area contributed by atoms with Gasteiger partial charge in [0.25, 0.3) is 5.91 Å². The van der Waals surface area contributed by atoms with Crippen molar-refractivity contribution in [2.24, 2.45) is 0 Å². The molecule has 0 saturated heterocycles. The molecule has 1 atom stereocenters. The molecule has 2 aromatic carbocycles. The summed E-state index contributed by atoms with van der Waals surface area (Å²) in [5, 5.41) is 0. The molecule has 0 aliphatic carbocycles. The number of hydrogen-bond donors (Lipinski definition) is 2. The molecule has 0 fully saturated rings. The Morgan fingerprint density at radius 1 is 1.05 bits per heavy atom. The van der Waals surface area contributed by atoms with Gasteiger partial charge in [0.1, 0.15) is 0 Å². The summed E-state index contributed by atoms with van der Waals surface area (Å²) in [6.45, 7) is 4.33. The van der Waals surface area contributed by atoms with Crippen molar-refractivity contribution in [1.29, 1.82) is 0 Å². The highest BCUT2D eigenvalue weighted by atomic mass is 16.5. The molecule has 21 heavy (non-hydrogen) atoms. The summed E-state index contributed by atoms with van der Waals surface area (Å²) in [4.78, 5) is 12.1. The van der Waals surface area contributed by atoms with E-state index in [1.54, 1.807) is 12.1 Å². The van der Waals surface area contributed by atoms with Gasteiger partial charge in [0.15, 0.2) is 5.72 Å². The summed E-state index contributed by atoms with van der Waals surface area (Å²) in [5.74, 6) is -0.197. The smallest absolute Gasteiger partial charge is 0.265 e. The van der Waals surface area contributed by atoms with Crippen molar-refractivity contribution in [1.82, 2.24) is 10.9 Å². The molecule has 0 spiro atoms. The number of carbonyl (C=O) groups excluding carboxylic acids is 1. The van der Waals surface area contributed by atoms with Gasteiger partial charge < -0.3 is 4.74 Å². The summed E-state index contributed by atoms with van der Waals surface area (Å²) in [6.07, 6.45) is 0. The van der Waals surface area contributed by atoms with Crippen LogP contribution in [-0.4, -0.2) is 12.5 Å². The van der Waals surface area contributed by atoms with Crippen molar-refractivity contribution in [2.45, 2.75) is 19.6 Å². The fourth-order valence-corrected chi connectivity index (χ4v) is 2.07. The lowest BCUT2D eigenvalue weighted by atomic mass is 10.1. The molecule has 2 rings (SSSR count). The van der Waals surface area contributed by atoms with Crippen molar-refractivity contribution in [3.8, 4) is 0 Å². The molecular weight excluding hydrogens is 264 g/mol. The van der Waals surface area contributed by atoms with E-state index in [1.165, 1.54) is 0 Å². The van der Waals surface area contributed by atoms with Crippen LogP contribution in [0, 0.1) is 0 Å². The van der Waals surface area contributed by atoms with Crippen LogP contribution >= 0.6 is 0 Å². The van der Waals surface area contributed by atoms with E-state index < -0.39 is 5.72 Å². The maximum atomic E-state index is 12.1. The molecule has 0 aliphatic rings. The van der Waals surface area contributed by atoms with Crippen LogP contribution in [0.3, 0.4) is 0 Å². The first kappa shape index (κ1) is 15.2. The lowest BCUT2D eigenvalue weighted by Gasteiger charge is -2.31. The quantitative estimate of drug-likeness (QED) is 0.633. The topological polar surface area (TPSA) is 50.4 Å². The Kier molecular flexibility index (Phi) is 5.09. The predicted octanol–water partition coefficient (Wildman–Crippen LogP) is 2.83. The first-order valence-corrected chi connectivity index (χ1v) is 6.98. The average molecular weight is 284 g/mol. The molecule has 1 unspecified atom stereocenters. The van der Waals surface area contributed by atoms with E-state index in [2.05, 4.69) is 10.9 Å². The SMILES string of the molecule is CCOC(C)(NNC(=O)c1ccccc1)c1ccccc1. The fraction of sp³-hybridized carbons (Fsp3) is 0.235. The van der Waals surface area contributed by atoms with Crippen molar-refractivity contribution >= 4 is 5.91 Å². The van der Waals surface area contributed by atoms with E-state index in [9.17, 15) is 4.79 Å². The van der Waals surface area contributed by atoms with Gasteiger partial charge in [-0.25, -0.2) is 0 Å². The van der Waals surface area contributed by atoms with E-state index >= 15 is 0 Å². The first-order chi connectivity index (χ1) is 10.2. The summed E-state index contributed by atoms with van der Waals surface area (Å²) < 4.78 is 5.78. The summed E-state index contributed by atoms with van der Waals surface area (Å²) >= 11 is 0. The zero-order chi connectivity index (χ0) is 15.1. The second-order valence-corrected chi connectivity index (χ2v) is 4.78. The molecule has 0 saturated carbocycles. The van der Waals surface area contributed by atoms with Crippen molar-refractivity contribution in [3.63, 3.8) is 0 Å². The summed E-state index contributed by atoms with van der Waals surface area (Å²) in [6, 6.07) is 18.8. The highest BCUT2D eigenvalue weighted by Crippen LogP contribution is 2.21. The Labute approximate surface area is 125 Å². The van der Waals surface area contributed by atoms with Crippen LogP contribution in [0.5, 0.6) is 0 Å². The molecule has 2 aromatic rings. The van der Waals surface area contributed by atoms with Gasteiger partial charge in [-0.2, -0.15) is 5.43 Å². The van der Waals surface area contributed by atoms with Crippen molar-refractivity contribution < 1.29 is 9.53 Å². The van der Waals surface area contributed by atoms with Gasteiger partial charge in [-0.1, -0.05) is 48.5 Å². The van der Waals surface area contributed by atoms with Crippen LogP contribution in [-0.2, 0) is 10.5 Å². The number of ether oxygens (including phenoxy) is 1. The monoisotopic (exact) mass is 284 g/mol. The molecule has 0 bridgehead atoms. The summed E-state index contributed by atoms with van der Waals surface area (Å²) in [5.41, 5.74) is 6.46. The van der Waals surface area contributed by atoms with Gasteiger partial charge in [0.05, 0.1) is 0 Å². The molecule has 0 radical (unpaired) electrons. The maximum Gasteiger partial charge on any atom is 0.265 e. The predicted molar refractivity (Wildman–Crippen MR) is 82.5 cm³/mol. The number of carbonyl (C=O) groups is 1. The standard InChI is InChI=1S/C17H20N2O2/c1-3-21-17(2,15-12-8-5-9-13-15)19-18-16(20)14-10-6-4-7-11-14/h4-13,19H,3H2,1-2H3,(H,18,20). The maximum absolute atomic E-state index is 12.1. The van der Waals surface area contributed by atoms with Crippen LogP contribution in [0.1, 0.15) is 29.8 Å². The molecular formula is C17H20N2O2. The van der Waals surface area contributed by atoms with Crippen LogP contribution < -0.4 is 10.9 Å². The van der Waals surface area contributed by atoms with E-state index in [4.69, 9.17) is 4.74 Å². The molecule has 0 aliphatic heterocycles. The highest BCUT2D eigenvalue weighted by molar-refractivity contribution is 5.93. The second kappa shape index (κ2) is 7.02. The van der Waals surface area contributed by atoms with E-state index in [-0.39, 0.29) is 5.91 Å². The third kappa shape index (κ3) is 3.90. The van der Waals surface area contributed by atoms with Gasteiger partial charge in [0, 0.05) is 12.2 Å². The minimum absolute atomic E-state index is 0.197. The van der Waals surface area contributed by atoms with Crippen molar-refractivity contribution in [3.05, 3.63) is 71.8 Å². The Hall–Kier alpha value is -2.17. The van der Waals surface area contributed by atoms with Crippen LogP contribution in [0.2, 0.25) is 0 Å². The third-order valence-electron chi connectivity index (χ3n) is 3.21. The van der Waals surface area contributed by atoms with Crippen LogP contribution in [0.4, 0.5) is 0 Å². The van der Waals surface area contributed by atoms with E-state index in [0.717, 1.165) is 5.56 Å². The molecule has 0 aromatic heterocycles. The first-order valence-electron chi connectivity index (χ1n) is 6.98. The lowest BCUT2D eigenvalue weighted by molar-refractivity contribution is -0.0648. The zero-order valence-electron chi connectivity index (χ0n) is 12.3. The normalized spacial score (nSPS) is 13.4. The fourth-order valence-electron chi connectivity index (χ4n) is 2.07. The van der Waals surface area contributed by atoms with Gasteiger partial charge in [-0.3, -0.25) is 10.2 Å². The van der Waals surface area contributed by atoms with Crippen LogP contribution in [0.15, 0.2) is 60.7 Å². The van der Waals surface area contributed by atoms with Gasteiger partial charge in [0.2, 0.25) is 0 Å². The largest absolute Gasteiger partial charge is 0.355 e. The number of nitrogens with one attached hydrogen (secondary N) is 2. The third-order valence-corrected chi connectivity index (χ3v) is 3.21. The molecule has 0 heterocycles. The Balaban J connectivity index is 2.09. The van der Waals surface area contributed by atoms with Gasteiger partial charge in [-0.05, 0) is 31.5 Å². The highest BCUT2D eigenvalue weighted by Gasteiger charge is 2.27. The van der Waals surface area contributed by atoms with Gasteiger partial charge >= 0.3 is 0 Å². The number of rotatable bonds is 6. The Morgan fingerprint density at radius 2 is 1.62 bits per heavy atom.